The predicted octanol–water partition coefficient (Wildman–Crippen LogP) is -0.665. The van der Waals surface area contributed by atoms with Gasteiger partial charge in [0.05, 0.1) is 0 Å². The van der Waals surface area contributed by atoms with Crippen LogP contribution in [0.4, 0.5) is 0 Å². The van der Waals surface area contributed by atoms with Crippen LogP contribution in [0.2, 0.25) is 0 Å². The minimum Gasteiger partial charge on any atom is -0.355 e. The van der Waals surface area contributed by atoms with Crippen LogP contribution in [0.15, 0.2) is 0 Å². The molecule has 1 rings (SSSR count). The van der Waals surface area contributed by atoms with Crippen LogP contribution in [0.5, 0.6) is 0 Å². The van der Waals surface area contributed by atoms with E-state index in [1.165, 1.54) is 0 Å². The molecule has 1 aliphatic heterocycles. The minimum atomic E-state index is -0.0255. The zero-order chi connectivity index (χ0) is 12.7. The largest absolute Gasteiger partial charge is 0.355 e. The second-order valence-electron chi connectivity index (χ2n) is 4.78. The van der Waals surface area contributed by atoms with Gasteiger partial charge in [-0.1, -0.05) is 6.92 Å². The second-order valence-corrected chi connectivity index (χ2v) is 4.78. The number of nitrogens with one attached hydrogen (secondary N) is 1. The summed E-state index contributed by atoms with van der Waals surface area (Å²) in [6.07, 6.45) is 0.816. The van der Waals surface area contributed by atoms with Crippen molar-refractivity contribution in [1.82, 2.24) is 15.1 Å². The quantitative estimate of drug-likeness (QED) is 0.649. The van der Waals surface area contributed by atoms with E-state index >= 15 is 0 Å². The minimum absolute atomic E-state index is 0.0255. The van der Waals surface area contributed by atoms with E-state index in [2.05, 4.69) is 22.2 Å². The molecule has 1 heterocycles. The number of carbonyl (C=O) groups excluding carboxylic acids is 1. The van der Waals surface area contributed by atoms with Crippen molar-refractivity contribution < 1.29 is 4.79 Å². The fourth-order valence-electron chi connectivity index (χ4n) is 2.01. The van der Waals surface area contributed by atoms with Crippen molar-refractivity contribution in [3.8, 4) is 0 Å². The molecule has 1 amide bonds. The molecule has 0 spiro atoms. The highest BCUT2D eigenvalue weighted by Crippen LogP contribution is 2.00. The molecule has 0 saturated carbocycles. The van der Waals surface area contributed by atoms with Crippen LogP contribution in [0.25, 0.3) is 0 Å². The first-order chi connectivity index (χ1) is 8.17. The SMILES string of the molecule is CCC(CN)C(=O)NCCN1CCN(C)CC1. The van der Waals surface area contributed by atoms with Crippen LogP contribution in [-0.4, -0.2) is 68.6 Å². The van der Waals surface area contributed by atoms with Crippen LogP contribution < -0.4 is 11.1 Å². The highest BCUT2D eigenvalue weighted by atomic mass is 16.1. The van der Waals surface area contributed by atoms with E-state index < -0.39 is 0 Å². The molecule has 100 valence electrons. The normalized spacial score (nSPS) is 20.2. The van der Waals surface area contributed by atoms with Crippen molar-refractivity contribution in [1.29, 1.82) is 0 Å². The third-order valence-electron chi connectivity index (χ3n) is 3.47. The van der Waals surface area contributed by atoms with Gasteiger partial charge in [0.15, 0.2) is 0 Å². The van der Waals surface area contributed by atoms with E-state index in [1.807, 2.05) is 6.92 Å². The molecule has 1 atom stereocenters. The Kier molecular flexibility index (Phi) is 6.47. The topological polar surface area (TPSA) is 61.6 Å². The summed E-state index contributed by atoms with van der Waals surface area (Å²) in [4.78, 5) is 16.4. The zero-order valence-corrected chi connectivity index (χ0v) is 11.1. The first kappa shape index (κ1) is 14.4. The third-order valence-corrected chi connectivity index (χ3v) is 3.47. The van der Waals surface area contributed by atoms with Gasteiger partial charge in [0.2, 0.25) is 5.91 Å². The molecule has 0 aromatic rings. The lowest BCUT2D eigenvalue weighted by Crippen LogP contribution is -2.47. The summed E-state index contributed by atoms with van der Waals surface area (Å²) in [6, 6.07) is 0. The predicted molar refractivity (Wildman–Crippen MR) is 69.8 cm³/mol. The second kappa shape index (κ2) is 7.63. The Morgan fingerprint density at radius 2 is 2.00 bits per heavy atom. The summed E-state index contributed by atoms with van der Waals surface area (Å²) in [5.41, 5.74) is 5.54. The van der Waals surface area contributed by atoms with Gasteiger partial charge in [-0.25, -0.2) is 0 Å². The number of hydrogen-bond acceptors (Lipinski definition) is 4. The molecule has 1 aliphatic rings. The van der Waals surface area contributed by atoms with Crippen molar-refractivity contribution >= 4 is 5.91 Å². The number of piperazine rings is 1. The van der Waals surface area contributed by atoms with Gasteiger partial charge in [0.1, 0.15) is 0 Å². The van der Waals surface area contributed by atoms with E-state index in [0.29, 0.717) is 6.54 Å². The maximum Gasteiger partial charge on any atom is 0.224 e. The molecule has 0 aliphatic carbocycles. The molecule has 0 radical (unpaired) electrons. The van der Waals surface area contributed by atoms with Gasteiger partial charge >= 0.3 is 0 Å². The summed E-state index contributed by atoms with van der Waals surface area (Å²) in [6.45, 7) is 8.55. The van der Waals surface area contributed by atoms with Gasteiger partial charge in [-0.3, -0.25) is 9.69 Å². The number of amides is 1. The summed E-state index contributed by atoms with van der Waals surface area (Å²) >= 11 is 0. The summed E-state index contributed by atoms with van der Waals surface area (Å²) < 4.78 is 0. The smallest absolute Gasteiger partial charge is 0.224 e. The standard InChI is InChI=1S/C12H26N4O/c1-3-11(10-13)12(17)14-4-5-16-8-6-15(2)7-9-16/h11H,3-10,13H2,1-2H3,(H,14,17). The number of likely N-dealkylation sites (N-methyl/N-ethyl adjacent to an activating group) is 1. The zero-order valence-electron chi connectivity index (χ0n) is 11.1. The Labute approximate surface area is 104 Å². The lowest BCUT2D eigenvalue weighted by Gasteiger charge is -2.32. The van der Waals surface area contributed by atoms with E-state index in [4.69, 9.17) is 5.73 Å². The molecule has 5 heteroatoms. The van der Waals surface area contributed by atoms with Gasteiger partial charge in [0, 0.05) is 51.7 Å². The van der Waals surface area contributed by atoms with E-state index in [-0.39, 0.29) is 11.8 Å². The highest BCUT2D eigenvalue weighted by Gasteiger charge is 2.16. The Hall–Kier alpha value is -0.650. The molecule has 1 saturated heterocycles. The third kappa shape index (κ3) is 5.02. The van der Waals surface area contributed by atoms with Gasteiger partial charge < -0.3 is 16.0 Å². The maximum atomic E-state index is 11.7. The van der Waals surface area contributed by atoms with E-state index in [1.54, 1.807) is 0 Å². The lowest BCUT2D eigenvalue weighted by atomic mass is 10.1. The number of rotatable bonds is 6. The Morgan fingerprint density at radius 3 is 2.53 bits per heavy atom. The molecule has 0 aromatic carbocycles. The van der Waals surface area contributed by atoms with Crippen LogP contribution >= 0.6 is 0 Å². The summed E-state index contributed by atoms with van der Waals surface area (Å²) in [7, 11) is 2.15. The monoisotopic (exact) mass is 242 g/mol. The van der Waals surface area contributed by atoms with Gasteiger partial charge in [-0.15, -0.1) is 0 Å². The summed E-state index contributed by atoms with van der Waals surface area (Å²) in [5.74, 6) is 0.0756. The average Bonchev–Trinajstić information content (AvgIpc) is 2.33. The molecule has 1 fully saturated rings. The molecule has 5 nitrogen and oxygen atoms in total. The molecule has 0 bridgehead atoms. The van der Waals surface area contributed by atoms with Crippen molar-refractivity contribution in [2.45, 2.75) is 13.3 Å². The van der Waals surface area contributed by atoms with Gasteiger partial charge in [0.25, 0.3) is 0 Å². The molecule has 17 heavy (non-hydrogen) atoms. The van der Waals surface area contributed by atoms with Crippen molar-refractivity contribution in [2.24, 2.45) is 11.7 Å². The summed E-state index contributed by atoms with van der Waals surface area (Å²) in [5, 5.41) is 2.97. The molecular formula is C12H26N4O. The van der Waals surface area contributed by atoms with Gasteiger partial charge in [-0.2, -0.15) is 0 Å². The van der Waals surface area contributed by atoms with Gasteiger partial charge in [-0.05, 0) is 13.5 Å². The number of nitrogens with zero attached hydrogens (tertiary/aromatic N) is 2. The highest BCUT2D eigenvalue weighted by molar-refractivity contribution is 5.78. The molecular weight excluding hydrogens is 216 g/mol. The van der Waals surface area contributed by atoms with E-state index in [9.17, 15) is 4.79 Å². The Morgan fingerprint density at radius 1 is 1.35 bits per heavy atom. The average molecular weight is 242 g/mol. The lowest BCUT2D eigenvalue weighted by molar-refractivity contribution is -0.124. The van der Waals surface area contributed by atoms with Crippen molar-refractivity contribution in [3.05, 3.63) is 0 Å². The van der Waals surface area contributed by atoms with Crippen LogP contribution in [0, 0.1) is 5.92 Å². The van der Waals surface area contributed by atoms with Crippen LogP contribution in [0.3, 0.4) is 0 Å². The van der Waals surface area contributed by atoms with Crippen molar-refractivity contribution in [3.63, 3.8) is 0 Å². The van der Waals surface area contributed by atoms with Crippen LogP contribution in [0.1, 0.15) is 13.3 Å². The van der Waals surface area contributed by atoms with Crippen molar-refractivity contribution in [2.75, 3.05) is 52.9 Å². The first-order valence-corrected chi connectivity index (χ1v) is 6.56. The fourth-order valence-corrected chi connectivity index (χ4v) is 2.01. The number of carbonyl (C=O) groups is 1. The van der Waals surface area contributed by atoms with E-state index in [0.717, 1.165) is 45.7 Å². The molecule has 3 N–H and O–H groups in total. The molecule has 0 aromatic heterocycles. The molecule has 1 unspecified atom stereocenters. The Balaban J connectivity index is 2.13. The first-order valence-electron chi connectivity index (χ1n) is 6.56. The number of hydrogen-bond donors (Lipinski definition) is 2. The van der Waals surface area contributed by atoms with Crippen LogP contribution in [-0.2, 0) is 4.79 Å². The fraction of sp³-hybridized carbons (Fsp3) is 0.917. The number of nitrogens with two attached hydrogens (primary N) is 1. The Bertz CT molecular complexity index is 223. The maximum absolute atomic E-state index is 11.7.